The van der Waals surface area contributed by atoms with E-state index in [9.17, 15) is 9.59 Å². The Bertz CT molecular complexity index is 753. The Morgan fingerprint density at radius 3 is 2.71 bits per heavy atom. The van der Waals surface area contributed by atoms with E-state index in [1.165, 1.54) is 10.6 Å². The standard InChI is InChI=1S/C15H15N3O2S/c1-18-6-5-12(8-13(18)19)15(20)17-9-10-3-2-4-11(7-10)14(16)21/h2-8H,9H2,1H3,(H2,16,21)(H,17,20). The highest BCUT2D eigenvalue weighted by molar-refractivity contribution is 7.80. The Morgan fingerprint density at radius 1 is 1.29 bits per heavy atom. The maximum atomic E-state index is 12.0. The molecule has 0 unspecified atom stereocenters. The minimum atomic E-state index is -0.298. The van der Waals surface area contributed by atoms with Gasteiger partial charge in [0.1, 0.15) is 4.99 Å². The van der Waals surface area contributed by atoms with Gasteiger partial charge in [0.2, 0.25) is 0 Å². The van der Waals surface area contributed by atoms with E-state index in [4.69, 9.17) is 18.0 Å². The molecular weight excluding hydrogens is 286 g/mol. The zero-order valence-electron chi connectivity index (χ0n) is 11.5. The van der Waals surface area contributed by atoms with E-state index < -0.39 is 0 Å². The zero-order chi connectivity index (χ0) is 15.4. The monoisotopic (exact) mass is 301 g/mol. The van der Waals surface area contributed by atoms with Crippen molar-refractivity contribution < 1.29 is 4.79 Å². The molecule has 3 N–H and O–H groups in total. The van der Waals surface area contributed by atoms with Crippen LogP contribution in [-0.2, 0) is 13.6 Å². The topological polar surface area (TPSA) is 77.1 Å². The molecule has 0 radical (unpaired) electrons. The van der Waals surface area contributed by atoms with Gasteiger partial charge >= 0.3 is 0 Å². The van der Waals surface area contributed by atoms with Crippen LogP contribution < -0.4 is 16.6 Å². The van der Waals surface area contributed by atoms with Gasteiger partial charge in [0.25, 0.3) is 11.5 Å². The molecule has 0 saturated heterocycles. The maximum Gasteiger partial charge on any atom is 0.251 e. The van der Waals surface area contributed by atoms with Crippen molar-refractivity contribution in [1.29, 1.82) is 0 Å². The fraction of sp³-hybridized carbons (Fsp3) is 0.133. The molecule has 0 bridgehead atoms. The van der Waals surface area contributed by atoms with Crippen LogP contribution in [0.2, 0.25) is 0 Å². The predicted octanol–water partition coefficient (Wildman–Crippen LogP) is 0.950. The number of benzene rings is 1. The molecule has 0 saturated carbocycles. The molecule has 0 atom stereocenters. The summed E-state index contributed by atoms with van der Waals surface area (Å²) in [6.07, 6.45) is 1.56. The lowest BCUT2D eigenvalue weighted by atomic mass is 10.1. The second kappa shape index (κ2) is 6.32. The van der Waals surface area contributed by atoms with Gasteiger partial charge in [-0.15, -0.1) is 0 Å². The Hall–Kier alpha value is -2.47. The number of aryl methyl sites for hydroxylation is 1. The van der Waals surface area contributed by atoms with E-state index in [1.54, 1.807) is 19.3 Å². The van der Waals surface area contributed by atoms with Crippen LogP contribution in [0.25, 0.3) is 0 Å². The second-order valence-corrected chi connectivity index (χ2v) is 5.05. The van der Waals surface area contributed by atoms with Gasteiger partial charge in [0.05, 0.1) is 0 Å². The number of amides is 1. The van der Waals surface area contributed by atoms with Crippen LogP contribution in [0, 0.1) is 0 Å². The molecule has 5 nitrogen and oxygen atoms in total. The highest BCUT2D eigenvalue weighted by atomic mass is 32.1. The number of carbonyl (C=O) groups is 1. The summed E-state index contributed by atoms with van der Waals surface area (Å²) in [7, 11) is 1.63. The van der Waals surface area contributed by atoms with Crippen molar-refractivity contribution in [2.45, 2.75) is 6.54 Å². The summed E-state index contributed by atoms with van der Waals surface area (Å²) in [5.74, 6) is -0.298. The molecule has 108 valence electrons. The molecule has 1 aromatic carbocycles. The smallest absolute Gasteiger partial charge is 0.251 e. The average Bonchev–Trinajstić information content (AvgIpc) is 2.48. The molecule has 1 heterocycles. The number of nitrogens with two attached hydrogens (primary N) is 1. The highest BCUT2D eigenvalue weighted by Gasteiger charge is 2.07. The summed E-state index contributed by atoms with van der Waals surface area (Å²) in [6.45, 7) is 0.338. The van der Waals surface area contributed by atoms with Crippen molar-refractivity contribution in [3.05, 3.63) is 69.6 Å². The van der Waals surface area contributed by atoms with E-state index in [0.717, 1.165) is 11.1 Å². The van der Waals surface area contributed by atoms with Gasteiger partial charge in [-0.2, -0.15) is 0 Å². The summed E-state index contributed by atoms with van der Waals surface area (Å²) in [6, 6.07) is 10.2. The fourth-order valence-corrected chi connectivity index (χ4v) is 1.94. The molecule has 2 aromatic rings. The summed E-state index contributed by atoms with van der Waals surface area (Å²) < 4.78 is 1.41. The minimum absolute atomic E-state index is 0.224. The average molecular weight is 301 g/mol. The molecular formula is C15H15N3O2S. The Morgan fingerprint density at radius 2 is 2.05 bits per heavy atom. The molecule has 6 heteroatoms. The minimum Gasteiger partial charge on any atom is -0.389 e. The first-order chi connectivity index (χ1) is 9.97. The lowest BCUT2D eigenvalue weighted by Crippen LogP contribution is -2.25. The van der Waals surface area contributed by atoms with Gasteiger partial charge in [-0.1, -0.05) is 30.4 Å². The van der Waals surface area contributed by atoms with Crippen molar-refractivity contribution >= 4 is 23.1 Å². The first kappa shape index (κ1) is 14.9. The van der Waals surface area contributed by atoms with Crippen molar-refractivity contribution in [3.8, 4) is 0 Å². The molecule has 0 aliphatic heterocycles. The third-order valence-corrected chi connectivity index (χ3v) is 3.27. The Labute approximate surface area is 127 Å². The summed E-state index contributed by atoms with van der Waals surface area (Å²) in [5.41, 5.74) is 7.32. The molecule has 21 heavy (non-hydrogen) atoms. The highest BCUT2D eigenvalue weighted by Crippen LogP contribution is 2.05. The van der Waals surface area contributed by atoms with Crippen LogP contribution in [-0.4, -0.2) is 15.5 Å². The summed E-state index contributed by atoms with van der Waals surface area (Å²) in [4.78, 5) is 23.8. The van der Waals surface area contributed by atoms with Crippen LogP contribution in [0.1, 0.15) is 21.5 Å². The van der Waals surface area contributed by atoms with Gasteiger partial charge in [0, 0.05) is 37.0 Å². The number of aromatic nitrogens is 1. The van der Waals surface area contributed by atoms with Crippen molar-refractivity contribution in [2.24, 2.45) is 12.8 Å². The molecule has 0 fully saturated rings. The number of rotatable bonds is 4. The third kappa shape index (κ3) is 3.76. The number of nitrogens with zero attached hydrogens (tertiary/aromatic N) is 1. The quantitative estimate of drug-likeness (QED) is 0.824. The SMILES string of the molecule is Cn1ccc(C(=O)NCc2cccc(C(N)=S)c2)cc1=O. The van der Waals surface area contributed by atoms with E-state index >= 15 is 0 Å². The van der Waals surface area contributed by atoms with Crippen LogP contribution in [0.15, 0.2) is 47.4 Å². The largest absolute Gasteiger partial charge is 0.389 e. The second-order valence-electron chi connectivity index (χ2n) is 4.61. The molecule has 0 aliphatic rings. The van der Waals surface area contributed by atoms with Gasteiger partial charge in [-0.25, -0.2) is 0 Å². The first-order valence-corrected chi connectivity index (χ1v) is 6.72. The van der Waals surface area contributed by atoms with Crippen LogP contribution in [0.4, 0.5) is 0 Å². The molecule has 0 aliphatic carbocycles. The number of thiocarbonyl (C=S) groups is 1. The van der Waals surface area contributed by atoms with Gasteiger partial charge < -0.3 is 15.6 Å². The Balaban J connectivity index is 2.07. The number of hydrogen-bond acceptors (Lipinski definition) is 3. The Kier molecular flexibility index (Phi) is 4.49. The van der Waals surface area contributed by atoms with Crippen molar-refractivity contribution in [1.82, 2.24) is 9.88 Å². The molecule has 2 rings (SSSR count). The molecule has 0 spiro atoms. The van der Waals surface area contributed by atoms with Gasteiger partial charge in [-0.05, 0) is 17.7 Å². The first-order valence-electron chi connectivity index (χ1n) is 6.31. The van der Waals surface area contributed by atoms with Crippen LogP contribution in [0.5, 0.6) is 0 Å². The number of carbonyl (C=O) groups excluding carboxylic acids is 1. The van der Waals surface area contributed by atoms with E-state index in [2.05, 4.69) is 5.32 Å². The normalized spacial score (nSPS) is 10.1. The van der Waals surface area contributed by atoms with E-state index in [-0.39, 0.29) is 11.5 Å². The molecule has 1 aromatic heterocycles. The predicted molar refractivity (Wildman–Crippen MR) is 85.2 cm³/mol. The van der Waals surface area contributed by atoms with Gasteiger partial charge in [0.15, 0.2) is 0 Å². The van der Waals surface area contributed by atoms with Crippen molar-refractivity contribution in [3.63, 3.8) is 0 Å². The van der Waals surface area contributed by atoms with Crippen LogP contribution in [0.3, 0.4) is 0 Å². The maximum absolute atomic E-state index is 12.0. The third-order valence-electron chi connectivity index (χ3n) is 3.03. The number of nitrogens with one attached hydrogen (secondary N) is 1. The zero-order valence-corrected chi connectivity index (χ0v) is 12.3. The fourth-order valence-electron chi connectivity index (χ4n) is 1.81. The number of hydrogen-bond donors (Lipinski definition) is 2. The van der Waals surface area contributed by atoms with E-state index in [0.29, 0.717) is 17.1 Å². The lowest BCUT2D eigenvalue weighted by Gasteiger charge is -2.07. The van der Waals surface area contributed by atoms with E-state index in [1.807, 2.05) is 24.3 Å². The lowest BCUT2D eigenvalue weighted by molar-refractivity contribution is 0.0950. The summed E-state index contributed by atoms with van der Waals surface area (Å²) >= 11 is 4.91. The van der Waals surface area contributed by atoms with Crippen molar-refractivity contribution in [2.75, 3.05) is 0 Å². The number of pyridine rings is 1. The molecule has 1 amide bonds. The summed E-state index contributed by atoms with van der Waals surface area (Å²) in [5, 5.41) is 2.76. The van der Waals surface area contributed by atoms with Crippen LogP contribution >= 0.6 is 12.2 Å². The van der Waals surface area contributed by atoms with Gasteiger partial charge in [-0.3, -0.25) is 9.59 Å².